The van der Waals surface area contributed by atoms with Crippen LogP contribution >= 0.6 is 0 Å². The van der Waals surface area contributed by atoms with Crippen LogP contribution in [0.2, 0.25) is 0 Å². The molecule has 2 aromatic rings. The van der Waals surface area contributed by atoms with Crippen molar-refractivity contribution in [1.29, 1.82) is 0 Å². The molecule has 1 aromatic heterocycles. The van der Waals surface area contributed by atoms with Gasteiger partial charge in [0.25, 0.3) is 0 Å². The second-order valence-corrected chi connectivity index (χ2v) is 5.57. The molecule has 0 saturated carbocycles. The van der Waals surface area contributed by atoms with Crippen molar-refractivity contribution in [3.63, 3.8) is 0 Å². The van der Waals surface area contributed by atoms with Gasteiger partial charge in [-0.25, -0.2) is 18.5 Å². The van der Waals surface area contributed by atoms with E-state index in [1.165, 1.54) is 18.2 Å². The summed E-state index contributed by atoms with van der Waals surface area (Å²) in [5.41, 5.74) is 2.14. The molecule has 7 heteroatoms. The summed E-state index contributed by atoms with van der Waals surface area (Å²) in [6.45, 7) is 1.74. The summed E-state index contributed by atoms with van der Waals surface area (Å²) in [5, 5.41) is 4.36. The Morgan fingerprint density at radius 1 is 1.09 bits per heavy atom. The molecule has 0 N–H and O–H groups in total. The molecular formula is C16H11F2N5. The normalized spacial score (nSPS) is 18.2. The van der Waals surface area contributed by atoms with E-state index in [2.05, 4.69) is 15.1 Å². The van der Waals surface area contributed by atoms with Crippen molar-refractivity contribution < 1.29 is 8.78 Å². The zero-order chi connectivity index (χ0) is 15.6. The van der Waals surface area contributed by atoms with E-state index in [9.17, 15) is 8.78 Å². The molecule has 5 nitrogen and oxygen atoms in total. The quantitative estimate of drug-likeness (QED) is 0.810. The predicted octanol–water partition coefficient (Wildman–Crippen LogP) is 2.13. The number of halogens is 2. The number of nitrogens with zero attached hydrogens (tertiary/aromatic N) is 5. The average molecular weight is 311 g/mol. The number of allylic oxidation sites excluding steroid dienone is 1. The Morgan fingerprint density at radius 3 is 2.74 bits per heavy atom. The van der Waals surface area contributed by atoms with Gasteiger partial charge < -0.3 is 4.90 Å². The molecule has 114 valence electrons. The number of hydrogen-bond acceptors (Lipinski definition) is 4. The second kappa shape index (κ2) is 4.34. The summed E-state index contributed by atoms with van der Waals surface area (Å²) in [7, 11) is 0. The first-order valence-electron chi connectivity index (χ1n) is 7.36. The monoisotopic (exact) mass is 311 g/mol. The molecule has 5 rings (SSSR count). The molecule has 3 aliphatic heterocycles. The number of fused-ring (bicyclic) bond motifs is 2. The molecule has 0 spiro atoms. The van der Waals surface area contributed by atoms with E-state index in [-0.39, 0.29) is 11.4 Å². The Bertz CT molecular complexity index is 918. The van der Waals surface area contributed by atoms with Crippen molar-refractivity contribution in [2.45, 2.75) is 6.54 Å². The number of aromatic nitrogens is 2. The first-order chi connectivity index (χ1) is 11.2. The van der Waals surface area contributed by atoms with Crippen molar-refractivity contribution in [3.8, 4) is 0 Å². The zero-order valence-corrected chi connectivity index (χ0v) is 12.0. The Hall–Kier alpha value is -2.83. The molecule has 4 heterocycles. The number of anilines is 1. The van der Waals surface area contributed by atoms with Gasteiger partial charge in [0.2, 0.25) is 0 Å². The molecule has 23 heavy (non-hydrogen) atoms. The molecule has 0 bridgehead atoms. The molecule has 1 aromatic carbocycles. The van der Waals surface area contributed by atoms with E-state index in [4.69, 9.17) is 0 Å². The van der Waals surface area contributed by atoms with Crippen molar-refractivity contribution in [2.75, 3.05) is 18.0 Å². The average Bonchev–Trinajstić information content (AvgIpc) is 3.20. The minimum Gasteiger partial charge on any atom is -0.308 e. The third-order valence-electron chi connectivity index (χ3n) is 4.30. The Morgan fingerprint density at radius 2 is 1.91 bits per heavy atom. The van der Waals surface area contributed by atoms with Crippen molar-refractivity contribution in [1.82, 2.24) is 9.78 Å². The second-order valence-electron chi connectivity index (χ2n) is 5.57. The molecule has 0 unspecified atom stereocenters. The first kappa shape index (κ1) is 12.7. The molecule has 0 aliphatic carbocycles. The van der Waals surface area contributed by atoms with Crippen LogP contribution in [0.1, 0.15) is 11.1 Å². The van der Waals surface area contributed by atoms with Gasteiger partial charge >= 0.3 is 0 Å². The SMILES string of the molecule is Fc1cccc(F)c1C1=NC2=CCN=C2c2cnn3c2N1CC3. The van der Waals surface area contributed by atoms with Gasteiger partial charge in [-0.1, -0.05) is 6.07 Å². The van der Waals surface area contributed by atoms with Gasteiger partial charge in [0.15, 0.2) is 0 Å². The van der Waals surface area contributed by atoms with Crippen LogP contribution in [0.25, 0.3) is 0 Å². The third-order valence-corrected chi connectivity index (χ3v) is 4.30. The lowest BCUT2D eigenvalue weighted by molar-refractivity contribution is 0.578. The third kappa shape index (κ3) is 1.61. The largest absolute Gasteiger partial charge is 0.308 e. The van der Waals surface area contributed by atoms with Crippen LogP contribution in [0.5, 0.6) is 0 Å². The summed E-state index contributed by atoms with van der Waals surface area (Å²) in [4.78, 5) is 10.8. The van der Waals surface area contributed by atoms with Gasteiger partial charge in [-0.05, 0) is 18.2 Å². The topological polar surface area (TPSA) is 45.8 Å². The van der Waals surface area contributed by atoms with Crippen molar-refractivity contribution in [3.05, 3.63) is 58.9 Å². The van der Waals surface area contributed by atoms with E-state index < -0.39 is 11.6 Å². The standard InChI is InChI=1S/C16H11F2N5/c17-10-2-1-3-11(18)13(10)15-21-12-4-5-19-14(12)9-8-20-23-7-6-22(15)16(9)23/h1-4,8H,5-7H2. The van der Waals surface area contributed by atoms with Gasteiger partial charge in [-0.3, -0.25) is 4.99 Å². The lowest BCUT2D eigenvalue weighted by Gasteiger charge is -2.19. The number of hydrogen-bond donors (Lipinski definition) is 0. The highest BCUT2D eigenvalue weighted by atomic mass is 19.1. The summed E-state index contributed by atoms with van der Waals surface area (Å²) in [6.07, 6.45) is 3.61. The van der Waals surface area contributed by atoms with Gasteiger partial charge in [-0.2, -0.15) is 5.10 Å². The van der Waals surface area contributed by atoms with E-state index in [0.717, 1.165) is 17.1 Å². The summed E-state index contributed by atoms with van der Waals surface area (Å²) < 4.78 is 30.5. The van der Waals surface area contributed by atoms with Crippen LogP contribution in [0.15, 0.2) is 46.2 Å². The van der Waals surface area contributed by atoms with Gasteiger partial charge in [-0.15, -0.1) is 0 Å². The first-order valence-corrected chi connectivity index (χ1v) is 7.36. The summed E-state index contributed by atoms with van der Waals surface area (Å²) >= 11 is 0. The number of aliphatic imine (C=N–C) groups is 2. The van der Waals surface area contributed by atoms with Crippen molar-refractivity contribution in [2.24, 2.45) is 9.98 Å². The van der Waals surface area contributed by atoms with Crippen LogP contribution in [0.3, 0.4) is 0 Å². The molecule has 0 atom stereocenters. The van der Waals surface area contributed by atoms with Crippen LogP contribution < -0.4 is 4.90 Å². The fourth-order valence-electron chi connectivity index (χ4n) is 3.30. The Labute approximate surface area is 130 Å². The van der Waals surface area contributed by atoms with E-state index in [1.54, 1.807) is 6.20 Å². The summed E-state index contributed by atoms with van der Waals surface area (Å²) in [5.74, 6) is -0.167. The molecule has 0 saturated heterocycles. The van der Waals surface area contributed by atoms with Crippen LogP contribution in [-0.2, 0) is 6.54 Å². The highest BCUT2D eigenvalue weighted by Gasteiger charge is 2.36. The minimum atomic E-state index is -0.623. The molecule has 0 fully saturated rings. The molecule has 3 aliphatic rings. The molecule has 0 radical (unpaired) electrons. The van der Waals surface area contributed by atoms with Crippen LogP contribution in [-0.4, -0.2) is 34.4 Å². The lowest BCUT2D eigenvalue weighted by atomic mass is 10.1. The van der Waals surface area contributed by atoms with Crippen LogP contribution in [0, 0.1) is 11.6 Å². The molecular weight excluding hydrogens is 300 g/mol. The van der Waals surface area contributed by atoms with Crippen molar-refractivity contribution >= 4 is 17.4 Å². The van der Waals surface area contributed by atoms with E-state index >= 15 is 0 Å². The predicted molar refractivity (Wildman–Crippen MR) is 82.0 cm³/mol. The van der Waals surface area contributed by atoms with E-state index in [1.807, 2.05) is 15.7 Å². The van der Waals surface area contributed by atoms with Gasteiger partial charge in [0.1, 0.15) is 23.3 Å². The highest BCUT2D eigenvalue weighted by Crippen LogP contribution is 2.35. The Kier molecular flexibility index (Phi) is 2.40. The van der Waals surface area contributed by atoms with Gasteiger partial charge in [0, 0.05) is 6.54 Å². The zero-order valence-electron chi connectivity index (χ0n) is 12.0. The highest BCUT2D eigenvalue weighted by molar-refractivity contribution is 6.24. The fraction of sp³-hybridized carbons (Fsp3) is 0.188. The summed E-state index contributed by atoms with van der Waals surface area (Å²) in [6, 6.07) is 3.85. The number of amidine groups is 1. The number of rotatable bonds is 1. The molecule has 0 amide bonds. The fourth-order valence-corrected chi connectivity index (χ4v) is 3.30. The maximum Gasteiger partial charge on any atom is 0.148 e. The van der Waals surface area contributed by atoms with E-state index in [0.29, 0.717) is 25.3 Å². The lowest BCUT2D eigenvalue weighted by Crippen LogP contribution is -2.31. The maximum atomic E-state index is 14.3. The van der Waals surface area contributed by atoms with Crippen LogP contribution in [0.4, 0.5) is 14.6 Å². The smallest absolute Gasteiger partial charge is 0.148 e. The Balaban J connectivity index is 1.82. The van der Waals surface area contributed by atoms with Gasteiger partial charge in [0.05, 0.1) is 41.8 Å². The number of benzene rings is 1. The maximum absolute atomic E-state index is 14.3. The minimum absolute atomic E-state index is 0.109.